The molecule has 0 aromatic carbocycles. The molecule has 0 saturated heterocycles. The highest BCUT2D eigenvalue weighted by atomic mass is 79.9. The average molecular weight is 526 g/mol. The van der Waals surface area contributed by atoms with Crippen LogP contribution < -0.4 is 0 Å². The van der Waals surface area contributed by atoms with Crippen molar-refractivity contribution in [2.24, 2.45) is 0 Å². The van der Waals surface area contributed by atoms with E-state index in [1.807, 2.05) is 0 Å². The van der Waals surface area contributed by atoms with E-state index in [4.69, 9.17) is 14.2 Å². The third-order valence-electron chi connectivity index (χ3n) is 1.61. The predicted octanol–water partition coefficient (Wildman–Crippen LogP) is 3.52. The Balaban J connectivity index is 4.20. The molecular weight excluding hydrogens is 511 g/mol. The second-order valence-electron chi connectivity index (χ2n) is 3.15. The lowest BCUT2D eigenvalue weighted by molar-refractivity contribution is 0.202. The number of aliphatic hydroxyl groups is 1. The molecule has 2 atom stereocenters. The van der Waals surface area contributed by atoms with Gasteiger partial charge in [-0.05, 0) is 0 Å². The van der Waals surface area contributed by atoms with E-state index >= 15 is 0 Å². The number of aliphatic hydroxyl groups excluding tert-OH is 1. The minimum Gasteiger partial charge on any atom is -0.396 e. The zero-order chi connectivity index (χ0) is 13.3. The van der Waals surface area contributed by atoms with Crippen LogP contribution in [0.4, 0.5) is 0 Å². The number of alkyl halides is 4. The molecule has 0 radical (unpaired) electrons. The van der Waals surface area contributed by atoms with Gasteiger partial charge in [0, 0.05) is 20.3 Å². The van der Waals surface area contributed by atoms with E-state index in [9.17, 15) is 4.57 Å². The van der Waals surface area contributed by atoms with E-state index in [0.29, 0.717) is 10.7 Å². The summed E-state index contributed by atoms with van der Waals surface area (Å²) in [6.07, 6.45) is 0.0109. The van der Waals surface area contributed by atoms with Gasteiger partial charge >= 0.3 is 7.60 Å². The maximum absolute atomic E-state index is 12.2. The van der Waals surface area contributed by atoms with Crippen molar-refractivity contribution < 1.29 is 18.7 Å². The molecule has 2 unspecified atom stereocenters. The van der Waals surface area contributed by atoms with Crippen molar-refractivity contribution in [1.29, 1.82) is 0 Å². The van der Waals surface area contributed by atoms with Gasteiger partial charge in [0.15, 0.2) is 0 Å². The average Bonchev–Trinajstić information content (AvgIpc) is 2.33. The molecule has 0 heterocycles. The molecular formula is C8H15Br4O4P. The summed E-state index contributed by atoms with van der Waals surface area (Å²) < 4.78 is 22.7. The topological polar surface area (TPSA) is 55.8 Å². The van der Waals surface area contributed by atoms with Crippen molar-refractivity contribution in [3.05, 3.63) is 0 Å². The molecule has 0 amide bonds. The zero-order valence-corrected chi connectivity index (χ0v) is 16.3. The molecule has 0 rings (SSSR count). The van der Waals surface area contributed by atoms with Gasteiger partial charge in [-0.15, -0.1) is 0 Å². The van der Waals surface area contributed by atoms with Gasteiger partial charge in [-0.1, -0.05) is 63.7 Å². The van der Waals surface area contributed by atoms with Crippen LogP contribution in [0, 0.1) is 0 Å². The van der Waals surface area contributed by atoms with E-state index in [-0.39, 0.29) is 35.6 Å². The molecule has 4 nitrogen and oxygen atoms in total. The van der Waals surface area contributed by atoms with Crippen LogP contribution in [-0.2, 0) is 13.6 Å². The van der Waals surface area contributed by atoms with E-state index in [0.717, 1.165) is 0 Å². The fourth-order valence-corrected chi connectivity index (χ4v) is 3.21. The Hall–Kier alpha value is 2.03. The monoisotopic (exact) mass is 522 g/mol. The Morgan fingerprint density at radius 2 is 1.47 bits per heavy atom. The third-order valence-corrected chi connectivity index (χ3v) is 7.92. The highest BCUT2D eigenvalue weighted by Gasteiger charge is 2.26. The lowest BCUT2D eigenvalue weighted by Crippen LogP contribution is -2.15. The molecule has 104 valence electrons. The SMILES string of the molecule is O=P(CCO)(OCC(Br)CBr)OCC(Br)CBr. The number of halogens is 4. The van der Waals surface area contributed by atoms with Gasteiger partial charge in [0.05, 0.1) is 26.0 Å². The van der Waals surface area contributed by atoms with Crippen molar-refractivity contribution in [2.45, 2.75) is 9.65 Å². The van der Waals surface area contributed by atoms with Crippen molar-refractivity contribution >= 4 is 71.3 Å². The largest absolute Gasteiger partial charge is 0.396 e. The quantitative estimate of drug-likeness (QED) is 0.350. The minimum absolute atomic E-state index is 0.0109. The Kier molecular flexibility index (Phi) is 12.1. The smallest absolute Gasteiger partial charge is 0.333 e. The molecule has 0 aliphatic rings. The highest BCUT2D eigenvalue weighted by Crippen LogP contribution is 2.48. The van der Waals surface area contributed by atoms with E-state index < -0.39 is 7.60 Å². The zero-order valence-electron chi connectivity index (χ0n) is 9.03. The van der Waals surface area contributed by atoms with Gasteiger partial charge in [0.2, 0.25) is 0 Å². The van der Waals surface area contributed by atoms with Gasteiger partial charge in [-0.25, -0.2) is 0 Å². The van der Waals surface area contributed by atoms with Crippen molar-refractivity contribution in [1.82, 2.24) is 0 Å². The number of rotatable bonds is 10. The molecule has 0 spiro atoms. The Labute approximate surface area is 135 Å². The molecule has 1 N–H and O–H groups in total. The van der Waals surface area contributed by atoms with Crippen molar-refractivity contribution in [3.63, 3.8) is 0 Å². The molecule has 0 bridgehead atoms. The van der Waals surface area contributed by atoms with Crippen LogP contribution in [0.2, 0.25) is 0 Å². The maximum Gasteiger partial charge on any atom is 0.333 e. The lowest BCUT2D eigenvalue weighted by Gasteiger charge is -2.20. The van der Waals surface area contributed by atoms with Crippen LogP contribution in [0.3, 0.4) is 0 Å². The molecule has 0 saturated carbocycles. The molecule has 0 fully saturated rings. The summed E-state index contributed by atoms with van der Waals surface area (Å²) in [6.45, 7) is 0.313. The number of hydrogen-bond acceptors (Lipinski definition) is 4. The number of hydrogen-bond donors (Lipinski definition) is 1. The summed E-state index contributed by atoms with van der Waals surface area (Å²) in [4.78, 5) is 0.128. The summed E-state index contributed by atoms with van der Waals surface area (Å²) in [5.41, 5.74) is 0. The fourth-order valence-electron chi connectivity index (χ4n) is 0.767. The van der Waals surface area contributed by atoms with E-state index in [1.165, 1.54) is 0 Å². The first-order valence-electron chi connectivity index (χ1n) is 4.86. The fraction of sp³-hybridized carbons (Fsp3) is 1.00. The summed E-state index contributed by atoms with van der Waals surface area (Å²) >= 11 is 13.2. The van der Waals surface area contributed by atoms with Gasteiger partial charge in [-0.3, -0.25) is 4.57 Å². The van der Waals surface area contributed by atoms with Gasteiger partial charge in [0.1, 0.15) is 0 Å². The Bertz CT molecular complexity index is 226. The highest BCUT2D eigenvalue weighted by molar-refractivity contribution is 9.12. The second-order valence-corrected chi connectivity index (χ2v) is 9.22. The third kappa shape index (κ3) is 9.55. The molecule has 9 heteroatoms. The maximum atomic E-state index is 12.2. The van der Waals surface area contributed by atoms with Crippen LogP contribution in [-0.4, -0.2) is 51.4 Å². The Morgan fingerprint density at radius 1 is 1.06 bits per heavy atom. The minimum atomic E-state index is -3.21. The normalized spacial score (nSPS) is 18.6. The summed E-state index contributed by atoms with van der Waals surface area (Å²) in [6, 6.07) is 0. The second kappa shape index (κ2) is 10.8. The van der Waals surface area contributed by atoms with Crippen molar-refractivity contribution in [2.75, 3.05) is 36.6 Å². The molecule has 0 aliphatic heterocycles. The first-order valence-corrected chi connectivity index (χ1v) is 10.7. The first kappa shape index (κ1) is 19.0. The summed E-state index contributed by atoms with van der Waals surface area (Å²) in [7, 11) is -3.21. The lowest BCUT2D eigenvalue weighted by atomic mass is 10.5. The summed E-state index contributed by atoms with van der Waals surface area (Å²) in [5, 5.41) is 10.3. The van der Waals surface area contributed by atoms with Crippen LogP contribution in [0.5, 0.6) is 0 Å². The van der Waals surface area contributed by atoms with Crippen LogP contribution in [0.1, 0.15) is 0 Å². The molecule has 0 aromatic rings. The predicted molar refractivity (Wildman–Crippen MR) is 84.5 cm³/mol. The molecule has 17 heavy (non-hydrogen) atoms. The molecule has 0 aromatic heterocycles. The van der Waals surface area contributed by atoms with Gasteiger partial charge in [-0.2, -0.15) is 0 Å². The molecule has 0 aliphatic carbocycles. The van der Waals surface area contributed by atoms with Gasteiger partial charge < -0.3 is 14.2 Å². The Morgan fingerprint density at radius 3 is 1.76 bits per heavy atom. The first-order chi connectivity index (χ1) is 7.97. The van der Waals surface area contributed by atoms with E-state index in [2.05, 4.69) is 63.7 Å². The summed E-state index contributed by atoms with van der Waals surface area (Å²) in [5.74, 6) is 0. The van der Waals surface area contributed by atoms with Crippen LogP contribution in [0.15, 0.2) is 0 Å². The standard InChI is InChI=1S/C8H15Br4O4P/c9-3-7(11)5-15-17(14,2-1-13)16-6-8(12)4-10/h7-8,13H,1-6H2. The van der Waals surface area contributed by atoms with Crippen LogP contribution in [0.25, 0.3) is 0 Å². The van der Waals surface area contributed by atoms with E-state index in [1.54, 1.807) is 0 Å². The van der Waals surface area contributed by atoms with Gasteiger partial charge in [0.25, 0.3) is 0 Å². The van der Waals surface area contributed by atoms with Crippen molar-refractivity contribution in [3.8, 4) is 0 Å². The van der Waals surface area contributed by atoms with Crippen LogP contribution >= 0.6 is 71.3 Å².